The summed E-state index contributed by atoms with van der Waals surface area (Å²) in [6, 6.07) is 25.1. The van der Waals surface area contributed by atoms with E-state index in [2.05, 4.69) is 63.6 Å². The standard InChI is InChI=1S/C30H35N3O2/c1-35-29-12-6-24(7-13-29)21-32-17-14-23(15-18-32)20-31-30(34)26-8-10-28(11-9-26)33-19-16-25-4-2-3-5-27(25)22-33/h2-13,23H,14-22H2,1H3,(H,31,34). The van der Waals surface area contributed by atoms with Gasteiger partial charge in [-0.1, -0.05) is 36.4 Å². The first-order chi connectivity index (χ1) is 17.2. The minimum absolute atomic E-state index is 0.0289. The Balaban J connectivity index is 1.06. The zero-order valence-electron chi connectivity index (χ0n) is 20.6. The average molecular weight is 470 g/mol. The second kappa shape index (κ2) is 11.0. The van der Waals surface area contributed by atoms with Crippen LogP contribution in [0.2, 0.25) is 0 Å². The Morgan fingerprint density at radius 3 is 2.34 bits per heavy atom. The topological polar surface area (TPSA) is 44.8 Å². The van der Waals surface area contributed by atoms with E-state index in [-0.39, 0.29) is 5.91 Å². The molecular formula is C30H35N3O2. The van der Waals surface area contributed by atoms with Gasteiger partial charge in [-0.3, -0.25) is 9.69 Å². The second-order valence-electron chi connectivity index (χ2n) is 9.76. The molecule has 2 aliphatic rings. The van der Waals surface area contributed by atoms with Gasteiger partial charge < -0.3 is 15.0 Å². The summed E-state index contributed by atoms with van der Waals surface area (Å²) in [7, 11) is 1.70. The highest BCUT2D eigenvalue weighted by Gasteiger charge is 2.21. The Bertz CT molecular complexity index is 1120. The Morgan fingerprint density at radius 1 is 0.914 bits per heavy atom. The van der Waals surface area contributed by atoms with Crippen molar-refractivity contribution in [2.75, 3.05) is 38.2 Å². The van der Waals surface area contributed by atoms with E-state index >= 15 is 0 Å². The van der Waals surface area contributed by atoms with Crippen LogP contribution in [-0.4, -0.2) is 44.1 Å². The number of methoxy groups -OCH3 is 1. The number of ether oxygens (including phenoxy) is 1. The first-order valence-electron chi connectivity index (χ1n) is 12.7. The summed E-state index contributed by atoms with van der Waals surface area (Å²) in [6.07, 6.45) is 3.30. The molecule has 2 heterocycles. The van der Waals surface area contributed by atoms with Crippen molar-refractivity contribution in [3.63, 3.8) is 0 Å². The van der Waals surface area contributed by atoms with Crippen LogP contribution in [0.4, 0.5) is 5.69 Å². The molecule has 0 spiro atoms. The van der Waals surface area contributed by atoms with Crippen LogP contribution in [0.25, 0.3) is 0 Å². The minimum Gasteiger partial charge on any atom is -0.497 e. The van der Waals surface area contributed by atoms with Crippen LogP contribution in [0, 0.1) is 5.92 Å². The van der Waals surface area contributed by atoms with Crippen molar-refractivity contribution < 1.29 is 9.53 Å². The largest absolute Gasteiger partial charge is 0.497 e. The van der Waals surface area contributed by atoms with Gasteiger partial charge in [0, 0.05) is 37.4 Å². The normalized spacial score (nSPS) is 16.5. The molecule has 1 amide bonds. The maximum absolute atomic E-state index is 12.8. The van der Waals surface area contributed by atoms with Gasteiger partial charge in [0.25, 0.3) is 5.91 Å². The average Bonchev–Trinajstić information content (AvgIpc) is 2.93. The molecule has 0 atom stereocenters. The van der Waals surface area contributed by atoms with Crippen molar-refractivity contribution in [2.24, 2.45) is 5.92 Å². The van der Waals surface area contributed by atoms with E-state index in [1.165, 1.54) is 22.4 Å². The van der Waals surface area contributed by atoms with Gasteiger partial charge in [-0.05, 0) is 91.4 Å². The van der Waals surface area contributed by atoms with Gasteiger partial charge in [-0.15, -0.1) is 0 Å². The van der Waals surface area contributed by atoms with Crippen molar-refractivity contribution in [1.82, 2.24) is 10.2 Å². The highest BCUT2D eigenvalue weighted by molar-refractivity contribution is 5.94. The molecule has 35 heavy (non-hydrogen) atoms. The Labute approximate surface area is 208 Å². The van der Waals surface area contributed by atoms with E-state index in [0.717, 1.165) is 69.8 Å². The minimum atomic E-state index is 0.0289. The molecule has 0 bridgehead atoms. The number of fused-ring (bicyclic) bond motifs is 1. The van der Waals surface area contributed by atoms with E-state index < -0.39 is 0 Å². The molecular weight excluding hydrogens is 434 g/mol. The third-order valence-corrected chi connectivity index (χ3v) is 7.45. The van der Waals surface area contributed by atoms with Gasteiger partial charge in [-0.2, -0.15) is 0 Å². The lowest BCUT2D eigenvalue weighted by molar-refractivity contribution is 0.0935. The number of hydrogen-bond donors (Lipinski definition) is 1. The summed E-state index contributed by atoms with van der Waals surface area (Å²) in [4.78, 5) is 17.6. The predicted octanol–water partition coefficient (Wildman–Crippen LogP) is 4.90. The molecule has 5 rings (SSSR count). The molecule has 1 N–H and O–H groups in total. The maximum Gasteiger partial charge on any atom is 0.251 e. The lowest BCUT2D eigenvalue weighted by Gasteiger charge is -2.32. The number of rotatable bonds is 7. The van der Waals surface area contributed by atoms with Crippen LogP contribution in [0.15, 0.2) is 72.8 Å². The van der Waals surface area contributed by atoms with Crippen LogP contribution in [-0.2, 0) is 19.5 Å². The molecule has 0 aromatic heterocycles. The molecule has 0 unspecified atom stereocenters. The lowest BCUT2D eigenvalue weighted by atomic mass is 9.96. The fraction of sp³-hybridized carbons (Fsp3) is 0.367. The van der Waals surface area contributed by atoms with Crippen LogP contribution < -0.4 is 15.0 Å². The summed E-state index contributed by atoms with van der Waals surface area (Å²) in [5.41, 5.74) is 6.08. The first kappa shape index (κ1) is 23.4. The van der Waals surface area contributed by atoms with E-state index in [1.54, 1.807) is 7.11 Å². The lowest BCUT2D eigenvalue weighted by Crippen LogP contribution is -2.38. The Hall–Kier alpha value is -3.31. The summed E-state index contributed by atoms with van der Waals surface area (Å²) in [6.45, 7) is 5.80. The van der Waals surface area contributed by atoms with Crippen molar-refractivity contribution in [1.29, 1.82) is 0 Å². The van der Waals surface area contributed by atoms with Gasteiger partial charge in [-0.25, -0.2) is 0 Å². The number of likely N-dealkylation sites (tertiary alicyclic amines) is 1. The van der Waals surface area contributed by atoms with Gasteiger partial charge in [0.05, 0.1) is 7.11 Å². The van der Waals surface area contributed by atoms with Gasteiger partial charge >= 0.3 is 0 Å². The number of amides is 1. The zero-order chi connectivity index (χ0) is 24.0. The van der Waals surface area contributed by atoms with Crippen LogP contribution >= 0.6 is 0 Å². The number of anilines is 1. The van der Waals surface area contributed by atoms with Crippen molar-refractivity contribution in [2.45, 2.75) is 32.4 Å². The molecule has 0 radical (unpaired) electrons. The van der Waals surface area contributed by atoms with E-state index in [0.29, 0.717) is 5.92 Å². The Kier molecular flexibility index (Phi) is 7.34. The summed E-state index contributed by atoms with van der Waals surface area (Å²) in [5, 5.41) is 3.17. The van der Waals surface area contributed by atoms with Gasteiger partial charge in [0.15, 0.2) is 0 Å². The first-order valence-corrected chi connectivity index (χ1v) is 12.7. The highest BCUT2D eigenvalue weighted by Crippen LogP contribution is 2.25. The maximum atomic E-state index is 12.8. The summed E-state index contributed by atoms with van der Waals surface area (Å²) < 4.78 is 5.25. The van der Waals surface area contributed by atoms with Crippen LogP contribution in [0.1, 0.15) is 39.9 Å². The van der Waals surface area contributed by atoms with Crippen molar-refractivity contribution in [3.05, 3.63) is 95.1 Å². The fourth-order valence-electron chi connectivity index (χ4n) is 5.22. The number of piperidine rings is 1. The molecule has 3 aromatic rings. The zero-order valence-corrected chi connectivity index (χ0v) is 20.6. The molecule has 3 aromatic carbocycles. The Morgan fingerprint density at radius 2 is 1.63 bits per heavy atom. The van der Waals surface area contributed by atoms with Crippen molar-refractivity contribution >= 4 is 11.6 Å². The number of nitrogens with zero attached hydrogens (tertiary/aromatic N) is 2. The van der Waals surface area contributed by atoms with Crippen LogP contribution in [0.3, 0.4) is 0 Å². The number of benzene rings is 3. The highest BCUT2D eigenvalue weighted by atomic mass is 16.5. The fourth-order valence-corrected chi connectivity index (χ4v) is 5.22. The second-order valence-corrected chi connectivity index (χ2v) is 9.76. The third-order valence-electron chi connectivity index (χ3n) is 7.45. The molecule has 0 aliphatic carbocycles. The van der Waals surface area contributed by atoms with E-state index in [9.17, 15) is 4.79 Å². The summed E-state index contributed by atoms with van der Waals surface area (Å²) in [5.74, 6) is 1.47. The molecule has 2 aliphatic heterocycles. The number of carbonyl (C=O) groups is 1. The number of nitrogens with one attached hydrogen (secondary N) is 1. The van der Waals surface area contributed by atoms with E-state index in [4.69, 9.17) is 4.74 Å². The monoisotopic (exact) mass is 469 g/mol. The predicted molar refractivity (Wildman–Crippen MR) is 141 cm³/mol. The van der Waals surface area contributed by atoms with Crippen LogP contribution in [0.5, 0.6) is 5.75 Å². The number of hydrogen-bond acceptors (Lipinski definition) is 4. The molecule has 182 valence electrons. The number of carbonyl (C=O) groups excluding carboxylic acids is 1. The van der Waals surface area contributed by atoms with Crippen molar-refractivity contribution in [3.8, 4) is 5.75 Å². The summed E-state index contributed by atoms with van der Waals surface area (Å²) >= 11 is 0. The van der Waals surface area contributed by atoms with Gasteiger partial charge in [0.2, 0.25) is 0 Å². The third kappa shape index (κ3) is 5.85. The molecule has 5 heteroatoms. The quantitative estimate of drug-likeness (QED) is 0.535. The molecule has 1 fully saturated rings. The smallest absolute Gasteiger partial charge is 0.251 e. The molecule has 0 saturated carbocycles. The molecule has 1 saturated heterocycles. The van der Waals surface area contributed by atoms with E-state index in [1.807, 2.05) is 24.3 Å². The SMILES string of the molecule is COc1ccc(CN2CCC(CNC(=O)c3ccc(N4CCc5ccccc5C4)cc3)CC2)cc1. The van der Waals surface area contributed by atoms with Gasteiger partial charge in [0.1, 0.15) is 5.75 Å². The molecule has 5 nitrogen and oxygen atoms in total.